The molecule has 1 rings (SSSR count). The van der Waals surface area contributed by atoms with Crippen LogP contribution in [0.25, 0.3) is 0 Å². The van der Waals surface area contributed by atoms with Crippen molar-refractivity contribution in [2.45, 2.75) is 19.9 Å². The molecule has 0 heterocycles. The van der Waals surface area contributed by atoms with E-state index in [0.29, 0.717) is 11.7 Å². The van der Waals surface area contributed by atoms with Crippen molar-refractivity contribution in [2.24, 2.45) is 11.7 Å². The maximum Gasteiger partial charge on any atom is 0.126 e. The van der Waals surface area contributed by atoms with Crippen LogP contribution in [0, 0.1) is 11.7 Å². The third-order valence-electron chi connectivity index (χ3n) is 2.27. The molecule has 1 unspecified atom stereocenters. The highest BCUT2D eigenvalue weighted by molar-refractivity contribution is 5.36. The van der Waals surface area contributed by atoms with Gasteiger partial charge in [-0.05, 0) is 12.0 Å². The van der Waals surface area contributed by atoms with Gasteiger partial charge >= 0.3 is 0 Å². The van der Waals surface area contributed by atoms with Crippen molar-refractivity contribution in [1.82, 2.24) is 0 Å². The van der Waals surface area contributed by atoms with Crippen molar-refractivity contribution in [2.75, 3.05) is 7.11 Å². The molecule has 0 aliphatic rings. The fourth-order valence-electron chi connectivity index (χ4n) is 1.32. The molecule has 0 radical (unpaired) electrons. The Kier molecular flexibility index (Phi) is 3.47. The molecule has 0 aliphatic heterocycles. The summed E-state index contributed by atoms with van der Waals surface area (Å²) < 4.78 is 18.0. The fraction of sp³-hybridized carbons (Fsp3) is 0.455. The molecule has 78 valence electrons. The molecule has 0 aliphatic carbocycles. The number of halogens is 1. The third kappa shape index (κ3) is 2.23. The highest BCUT2D eigenvalue weighted by Crippen LogP contribution is 2.28. The van der Waals surface area contributed by atoms with Gasteiger partial charge in [0.05, 0.1) is 7.11 Å². The molecule has 1 atom stereocenters. The van der Waals surface area contributed by atoms with Crippen LogP contribution in [0.5, 0.6) is 5.75 Å². The predicted octanol–water partition coefficient (Wildman–Crippen LogP) is 2.49. The van der Waals surface area contributed by atoms with Gasteiger partial charge < -0.3 is 10.5 Å². The Bertz CT molecular complexity index is 312. The van der Waals surface area contributed by atoms with Crippen LogP contribution >= 0.6 is 0 Å². The molecule has 0 amide bonds. The van der Waals surface area contributed by atoms with Crippen LogP contribution in [0.1, 0.15) is 25.5 Å². The monoisotopic (exact) mass is 197 g/mol. The van der Waals surface area contributed by atoms with Crippen LogP contribution in [-0.4, -0.2) is 7.11 Å². The van der Waals surface area contributed by atoms with Crippen molar-refractivity contribution in [3.63, 3.8) is 0 Å². The van der Waals surface area contributed by atoms with E-state index in [9.17, 15) is 4.39 Å². The Balaban J connectivity index is 3.07. The smallest absolute Gasteiger partial charge is 0.126 e. The van der Waals surface area contributed by atoms with E-state index in [2.05, 4.69) is 0 Å². The Morgan fingerprint density at radius 3 is 2.50 bits per heavy atom. The Morgan fingerprint density at radius 2 is 2.00 bits per heavy atom. The Morgan fingerprint density at radius 1 is 1.36 bits per heavy atom. The second-order valence-electron chi connectivity index (χ2n) is 3.66. The lowest BCUT2D eigenvalue weighted by atomic mass is 9.96. The number of nitrogens with two attached hydrogens (primary N) is 1. The van der Waals surface area contributed by atoms with Gasteiger partial charge in [0, 0.05) is 17.7 Å². The lowest BCUT2D eigenvalue weighted by Gasteiger charge is -2.18. The molecule has 3 heteroatoms. The first-order chi connectivity index (χ1) is 6.56. The van der Waals surface area contributed by atoms with Gasteiger partial charge in [-0.25, -0.2) is 4.39 Å². The summed E-state index contributed by atoms with van der Waals surface area (Å²) in [5.74, 6) is 0.516. The van der Waals surface area contributed by atoms with Gasteiger partial charge in [-0.15, -0.1) is 0 Å². The van der Waals surface area contributed by atoms with Crippen LogP contribution < -0.4 is 10.5 Å². The number of methoxy groups -OCH3 is 1. The van der Waals surface area contributed by atoms with Crippen molar-refractivity contribution in [1.29, 1.82) is 0 Å². The van der Waals surface area contributed by atoms with Crippen LogP contribution in [0.3, 0.4) is 0 Å². The lowest BCUT2D eigenvalue weighted by Crippen LogP contribution is -2.17. The number of hydrogen-bond donors (Lipinski definition) is 1. The summed E-state index contributed by atoms with van der Waals surface area (Å²) in [6.45, 7) is 4.04. The number of benzene rings is 1. The van der Waals surface area contributed by atoms with Crippen LogP contribution in [0.2, 0.25) is 0 Å². The minimum absolute atomic E-state index is 0.120. The van der Waals surface area contributed by atoms with E-state index in [4.69, 9.17) is 10.5 Å². The molecular weight excluding hydrogens is 181 g/mol. The highest BCUT2D eigenvalue weighted by Gasteiger charge is 2.15. The molecule has 0 spiro atoms. The summed E-state index contributed by atoms with van der Waals surface area (Å²) in [6.07, 6.45) is 0. The van der Waals surface area contributed by atoms with E-state index >= 15 is 0 Å². The maximum absolute atomic E-state index is 12.9. The number of rotatable bonds is 3. The second-order valence-corrected chi connectivity index (χ2v) is 3.66. The summed E-state index contributed by atoms with van der Waals surface area (Å²) in [7, 11) is 1.52. The molecule has 1 aromatic rings. The van der Waals surface area contributed by atoms with Crippen LogP contribution in [0.15, 0.2) is 18.2 Å². The van der Waals surface area contributed by atoms with Crippen molar-refractivity contribution in [3.05, 3.63) is 29.6 Å². The minimum atomic E-state index is -0.304. The average Bonchev–Trinajstić information content (AvgIpc) is 2.16. The van der Waals surface area contributed by atoms with Gasteiger partial charge in [0.1, 0.15) is 11.6 Å². The second kappa shape index (κ2) is 4.42. The van der Waals surface area contributed by atoms with Gasteiger partial charge in [0.25, 0.3) is 0 Å². The van der Waals surface area contributed by atoms with Gasteiger partial charge in [0.2, 0.25) is 0 Å². The fourth-order valence-corrected chi connectivity index (χ4v) is 1.32. The molecule has 2 nitrogen and oxygen atoms in total. The molecule has 0 saturated carbocycles. The van der Waals surface area contributed by atoms with Crippen LogP contribution in [0.4, 0.5) is 4.39 Å². The Hall–Kier alpha value is -1.09. The van der Waals surface area contributed by atoms with Crippen molar-refractivity contribution in [3.8, 4) is 5.75 Å². The van der Waals surface area contributed by atoms with Crippen LogP contribution in [-0.2, 0) is 0 Å². The van der Waals surface area contributed by atoms with E-state index < -0.39 is 0 Å². The van der Waals surface area contributed by atoms with Gasteiger partial charge in [-0.3, -0.25) is 0 Å². The lowest BCUT2D eigenvalue weighted by molar-refractivity contribution is 0.393. The van der Waals surface area contributed by atoms with E-state index in [1.54, 1.807) is 6.07 Å². The number of ether oxygens (including phenoxy) is 1. The standard InChI is InChI=1S/C11H16FNO/c1-7(2)11(13)9-5-4-8(12)6-10(9)14-3/h4-7,11H,13H2,1-3H3. The first-order valence-corrected chi connectivity index (χ1v) is 4.65. The Labute approximate surface area is 83.9 Å². The molecular formula is C11H16FNO. The summed E-state index contributed by atoms with van der Waals surface area (Å²) in [5, 5.41) is 0. The van der Waals surface area contributed by atoms with E-state index in [0.717, 1.165) is 5.56 Å². The zero-order valence-corrected chi connectivity index (χ0v) is 8.75. The maximum atomic E-state index is 12.9. The van der Waals surface area contributed by atoms with Gasteiger partial charge in [-0.2, -0.15) is 0 Å². The van der Waals surface area contributed by atoms with Crippen molar-refractivity contribution < 1.29 is 9.13 Å². The zero-order valence-electron chi connectivity index (χ0n) is 8.75. The largest absolute Gasteiger partial charge is 0.496 e. The SMILES string of the molecule is COc1cc(F)ccc1C(N)C(C)C. The van der Waals surface area contributed by atoms with E-state index in [1.165, 1.54) is 19.2 Å². The topological polar surface area (TPSA) is 35.2 Å². The van der Waals surface area contributed by atoms with E-state index in [1.807, 2.05) is 13.8 Å². The highest BCUT2D eigenvalue weighted by atomic mass is 19.1. The first-order valence-electron chi connectivity index (χ1n) is 4.65. The molecule has 2 N–H and O–H groups in total. The summed E-state index contributed by atoms with van der Waals surface area (Å²) in [6, 6.07) is 4.32. The zero-order chi connectivity index (χ0) is 10.7. The molecule has 0 bridgehead atoms. The molecule has 0 saturated heterocycles. The summed E-state index contributed by atoms with van der Waals surface area (Å²) >= 11 is 0. The minimum Gasteiger partial charge on any atom is -0.496 e. The van der Waals surface area contributed by atoms with Crippen molar-refractivity contribution >= 4 is 0 Å². The number of hydrogen-bond acceptors (Lipinski definition) is 2. The normalized spacial score (nSPS) is 13.0. The summed E-state index contributed by atoms with van der Waals surface area (Å²) in [5.41, 5.74) is 6.81. The summed E-state index contributed by atoms with van der Waals surface area (Å²) in [4.78, 5) is 0. The molecule has 1 aromatic carbocycles. The predicted molar refractivity (Wildman–Crippen MR) is 54.7 cm³/mol. The first kappa shape index (κ1) is 11.0. The average molecular weight is 197 g/mol. The molecule has 0 aromatic heterocycles. The van der Waals surface area contributed by atoms with Gasteiger partial charge in [0.15, 0.2) is 0 Å². The molecule has 0 fully saturated rings. The van der Waals surface area contributed by atoms with Gasteiger partial charge in [-0.1, -0.05) is 19.9 Å². The molecule has 14 heavy (non-hydrogen) atoms. The van der Waals surface area contributed by atoms with E-state index in [-0.39, 0.29) is 11.9 Å². The quantitative estimate of drug-likeness (QED) is 0.808. The third-order valence-corrected chi connectivity index (χ3v) is 2.27.